The maximum Gasteiger partial charge on any atom is 0.431 e. The summed E-state index contributed by atoms with van der Waals surface area (Å²) in [5.41, 5.74) is -6.31. The maximum atomic E-state index is 13.1. The van der Waals surface area contributed by atoms with Crippen LogP contribution in [0.25, 0.3) is 0 Å². The number of halogens is 13. The Labute approximate surface area is 113 Å². The van der Waals surface area contributed by atoms with Gasteiger partial charge in [0.2, 0.25) is 0 Å². The molecule has 0 aromatic heterocycles. The van der Waals surface area contributed by atoms with Crippen LogP contribution in [0.2, 0.25) is 0 Å². The van der Waals surface area contributed by atoms with Gasteiger partial charge in [-0.15, -0.1) is 0 Å². The fourth-order valence-electron chi connectivity index (χ4n) is 1.21. The van der Waals surface area contributed by atoms with E-state index in [0.717, 1.165) is 0 Å². The number of hydrogen-bond donors (Lipinski definition) is 0. The van der Waals surface area contributed by atoms with Crippen molar-refractivity contribution in [3.05, 3.63) is 12.2 Å². The third-order valence-electron chi connectivity index (χ3n) is 2.34. The molecule has 1 atom stereocenters. The second-order valence-electron chi connectivity index (χ2n) is 4.05. The molecule has 0 fully saturated rings. The zero-order chi connectivity index (χ0) is 18.2. The van der Waals surface area contributed by atoms with Crippen LogP contribution in [0.5, 0.6) is 0 Å². The van der Waals surface area contributed by atoms with Gasteiger partial charge in [0.15, 0.2) is 0 Å². The smallest absolute Gasteiger partial charge is 0.224 e. The average molecular weight is 360 g/mol. The van der Waals surface area contributed by atoms with E-state index in [1.165, 1.54) is 0 Å². The zero-order valence-corrected chi connectivity index (χ0v) is 9.85. The highest BCUT2D eigenvalue weighted by molar-refractivity contribution is 5.04. The predicted molar refractivity (Wildman–Crippen MR) is 45.3 cm³/mol. The van der Waals surface area contributed by atoms with Gasteiger partial charge >= 0.3 is 24.7 Å². The Kier molecular flexibility index (Phi) is 5.49. The lowest BCUT2D eigenvalue weighted by Crippen LogP contribution is -2.55. The van der Waals surface area contributed by atoms with E-state index in [4.69, 9.17) is 0 Å². The van der Waals surface area contributed by atoms with E-state index in [0.29, 0.717) is 0 Å². The summed E-state index contributed by atoms with van der Waals surface area (Å²) in [5, 5.41) is 0. The predicted octanol–water partition coefficient (Wildman–Crippen LogP) is 5.51. The molecule has 0 bridgehead atoms. The summed E-state index contributed by atoms with van der Waals surface area (Å²) in [7, 11) is 0. The minimum Gasteiger partial charge on any atom is -0.224 e. The standard InChI is InChI=1S/C9H5F13/c10-5(8(17,18)19,9(20,21)22)3-4(7(14,15)16)1-2-6(11,12)13/h1-2,4H,3H2. The van der Waals surface area contributed by atoms with Crippen LogP contribution in [0.4, 0.5) is 57.1 Å². The molecule has 0 rings (SSSR count). The highest BCUT2D eigenvalue weighted by atomic mass is 19.4. The van der Waals surface area contributed by atoms with E-state index < -0.39 is 54.9 Å². The molecule has 0 spiro atoms. The first-order chi connectivity index (χ1) is 9.31. The molecule has 0 heterocycles. The van der Waals surface area contributed by atoms with E-state index in [2.05, 4.69) is 0 Å². The minimum absolute atomic E-state index is 0.994. The molecule has 0 aromatic rings. The van der Waals surface area contributed by atoms with Crippen LogP contribution in [0.1, 0.15) is 6.42 Å². The van der Waals surface area contributed by atoms with Crippen molar-refractivity contribution in [2.75, 3.05) is 0 Å². The second kappa shape index (κ2) is 5.80. The van der Waals surface area contributed by atoms with Crippen LogP contribution in [-0.4, -0.2) is 30.4 Å². The largest absolute Gasteiger partial charge is 0.431 e. The van der Waals surface area contributed by atoms with Gasteiger partial charge in [0.05, 0.1) is 5.92 Å². The monoisotopic (exact) mass is 360 g/mol. The first-order valence-electron chi connectivity index (χ1n) is 4.96. The van der Waals surface area contributed by atoms with Gasteiger partial charge in [-0.1, -0.05) is 6.08 Å². The van der Waals surface area contributed by atoms with E-state index in [9.17, 15) is 57.1 Å². The van der Waals surface area contributed by atoms with Crippen molar-refractivity contribution >= 4 is 0 Å². The Morgan fingerprint density at radius 3 is 1.23 bits per heavy atom. The molecule has 0 N–H and O–H groups in total. The highest BCUT2D eigenvalue weighted by Gasteiger charge is 2.73. The van der Waals surface area contributed by atoms with Gasteiger partial charge in [-0.2, -0.15) is 52.7 Å². The van der Waals surface area contributed by atoms with Crippen LogP contribution in [-0.2, 0) is 0 Å². The van der Waals surface area contributed by atoms with E-state index in [1.54, 1.807) is 0 Å². The first-order valence-corrected chi connectivity index (χ1v) is 4.96. The summed E-state index contributed by atoms with van der Waals surface area (Å²) in [4.78, 5) is 0. The average Bonchev–Trinajstić information content (AvgIpc) is 2.17. The third kappa shape index (κ3) is 5.23. The minimum atomic E-state index is -6.79. The maximum absolute atomic E-state index is 13.1. The van der Waals surface area contributed by atoms with Gasteiger partial charge in [-0.05, 0) is 0 Å². The number of hydrogen-bond acceptors (Lipinski definition) is 0. The molecule has 0 aliphatic heterocycles. The van der Waals surface area contributed by atoms with E-state index >= 15 is 0 Å². The molecular weight excluding hydrogens is 355 g/mol. The highest BCUT2D eigenvalue weighted by Crippen LogP contribution is 2.51. The van der Waals surface area contributed by atoms with Crippen molar-refractivity contribution in [1.29, 1.82) is 0 Å². The Morgan fingerprint density at radius 2 is 1.00 bits per heavy atom. The summed E-state index contributed by atoms with van der Waals surface area (Å²) >= 11 is 0. The third-order valence-corrected chi connectivity index (χ3v) is 2.34. The molecule has 0 aliphatic rings. The van der Waals surface area contributed by atoms with Gasteiger partial charge in [0, 0.05) is 12.5 Å². The second-order valence-corrected chi connectivity index (χ2v) is 4.05. The summed E-state index contributed by atoms with van der Waals surface area (Å²) < 4.78 is 158. The van der Waals surface area contributed by atoms with Gasteiger partial charge in [0.25, 0.3) is 5.67 Å². The van der Waals surface area contributed by atoms with Crippen molar-refractivity contribution < 1.29 is 57.1 Å². The fourth-order valence-corrected chi connectivity index (χ4v) is 1.21. The molecule has 0 radical (unpaired) electrons. The molecular formula is C9H5F13. The van der Waals surface area contributed by atoms with Gasteiger partial charge in [0.1, 0.15) is 0 Å². The number of allylic oxidation sites excluding steroid dienone is 2. The summed E-state index contributed by atoms with van der Waals surface area (Å²) in [5.74, 6) is -3.94. The van der Waals surface area contributed by atoms with E-state index in [-0.39, 0.29) is 0 Å². The van der Waals surface area contributed by atoms with Crippen molar-refractivity contribution in [1.82, 2.24) is 0 Å². The molecule has 0 aliphatic carbocycles. The van der Waals surface area contributed by atoms with Crippen molar-refractivity contribution in [2.24, 2.45) is 5.92 Å². The lowest BCUT2D eigenvalue weighted by Gasteiger charge is -2.32. The van der Waals surface area contributed by atoms with Gasteiger partial charge < -0.3 is 0 Å². The Bertz CT molecular complexity index is 376. The van der Waals surface area contributed by atoms with Crippen LogP contribution in [0, 0.1) is 5.92 Å². The number of alkyl halides is 13. The molecule has 0 saturated carbocycles. The van der Waals surface area contributed by atoms with Crippen molar-refractivity contribution in [3.63, 3.8) is 0 Å². The van der Waals surface area contributed by atoms with Crippen LogP contribution >= 0.6 is 0 Å². The lowest BCUT2D eigenvalue weighted by molar-refractivity contribution is -0.350. The molecule has 1 unspecified atom stereocenters. The fraction of sp³-hybridized carbons (Fsp3) is 0.778. The number of rotatable bonds is 3. The molecule has 0 amide bonds. The normalized spacial score (nSPS) is 17.1. The van der Waals surface area contributed by atoms with Crippen LogP contribution < -0.4 is 0 Å². The summed E-state index contributed by atoms with van der Waals surface area (Å²) in [6.07, 6.45) is -30.5. The van der Waals surface area contributed by atoms with E-state index in [1.807, 2.05) is 0 Å². The van der Waals surface area contributed by atoms with Crippen LogP contribution in [0.3, 0.4) is 0 Å². The lowest BCUT2D eigenvalue weighted by atomic mass is 9.89. The molecule has 22 heavy (non-hydrogen) atoms. The summed E-state index contributed by atoms with van der Waals surface area (Å²) in [6.45, 7) is 0. The Hall–Kier alpha value is -1.17. The molecule has 132 valence electrons. The molecule has 0 saturated heterocycles. The van der Waals surface area contributed by atoms with Crippen LogP contribution in [0.15, 0.2) is 12.2 Å². The first kappa shape index (κ1) is 20.8. The Balaban J connectivity index is 5.76. The van der Waals surface area contributed by atoms with Crippen molar-refractivity contribution in [3.8, 4) is 0 Å². The molecule has 13 heteroatoms. The van der Waals surface area contributed by atoms with Crippen molar-refractivity contribution in [2.45, 2.75) is 36.8 Å². The topological polar surface area (TPSA) is 0 Å². The zero-order valence-electron chi connectivity index (χ0n) is 9.85. The Morgan fingerprint density at radius 1 is 0.636 bits per heavy atom. The molecule has 0 nitrogen and oxygen atoms in total. The SMILES string of the molecule is FC(F)(F)C=CC(CC(F)(C(F)(F)F)C(F)(F)F)C(F)(F)F. The summed E-state index contributed by atoms with van der Waals surface area (Å²) in [6, 6.07) is 0. The van der Waals surface area contributed by atoms with Gasteiger partial charge in [-0.25, -0.2) is 4.39 Å². The quantitative estimate of drug-likeness (QED) is 0.460. The molecule has 0 aromatic carbocycles. The van der Waals surface area contributed by atoms with Gasteiger partial charge in [-0.3, -0.25) is 0 Å².